The summed E-state index contributed by atoms with van der Waals surface area (Å²) in [6, 6.07) is 11.1. The fraction of sp³-hybridized carbons (Fsp3) is 0.412. The van der Waals surface area contributed by atoms with Gasteiger partial charge in [0, 0.05) is 22.0 Å². The second-order valence-electron chi connectivity index (χ2n) is 6.12. The smallest absolute Gasteiger partial charge is 0.0411 e. The molecule has 1 nitrogen and oxygen atoms in total. The standard InChI is InChI=1S/C17H23NS/c1-12-10-14(13(2)19-12)11-18-16-8-6-15(7-9-16)17(3,4)5/h6-10,18H,11H2,1-5H3. The fourth-order valence-corrected chi connectivity index (χ4v) is 3.09. The van der Waals surface area contributed by atoms with Crippen molar-refractivity contribution in [3.05, 3.63) is 51.2 Å². The molecular weight excluding hydrogens is 250 g/mol. The largest absolute Gasteiger partial charge is 0.381 e. The summed E-state index contributed by atoms with van der Waals surface area (Å²) in [6.07, 6.45) is 0. The predicted molar refractivity (Wildman–Crippen MR) is 86.3 cm³/mol. The molecule has 0 aliphatic carbocycles. The van der Waals surface area contributed by atoms with E-state index in [2.05, 4.69) is 70.3 Å². The highest BCUT2D eigenvalue weighted by molar-refractivity contribution is 7.12. The zero-order valence-electron chi connectivity index (χ0n) is 12.5. The molecule has 2 aromatic rings. The van der Waals surface area contributed by atoms with Crippen LogP contribution in [-0.2, 0) is 12.0 Å². The van der Waals surface area contributed by atoms with E-state index in [1.807, 2.05) is 11.3 Å². The van der Waals surface area contributed by atoms with Crippen LogP contribution >= 0.6 is 11.3 Å². The van der Waals surface area contributed by atoms with Crippen LogP contribution < -0.4 is 5.32 Å². The summed E-state index contributed by atoms with van der Waals surface area (Å²) in [5.74, 6) is 0. The third-order valence-corrected chi connectivity index (χ3v) is 4.39. The third-order valence-electron chi connectivity index (χ3n) is 3.38. The van der Waals surface area contributed by atoms with E-state index < -0.39 is 0 Å². The molecule has 2 heteroatoms. The topological polar surface area (TPSA) is 12.0 Å². The quantitative estimate of drug-likeness (QED) is 0.802. The maximum Gasteiger partial charge on any atom is 0.0411 e. The van der Waals surface area contributed by atoms with Crippen molar-refractivity contribution >= 4 is 17.0 Å². The fourth-order valence-electron chi connectivity index (χ4n) is 2.14. The second kappa shape index (κ2) is 5.38. The van der Waals surface area contributed by atoms with Crippen molar-refractivity contribution in [1.82, 2.24) is 0 Å². The summed E-state index contributed by atoms with van der Waals surface area (Å²) in [4.78, 5) is 2.80. The van der Waals surface area contributed by atoms with Gasteiger partial charge in [-0.25, -0.2) is 0 Å². The van der Waals surface area contributed by atoms with Crippen molar-refractivity contribution in [3.8, 4) is 0 Å². The lowest BCUT2D eigenvalue weighted by molar-refractivity contribution is 0.590. The lowest BCUT2D eigenvalue weighted by atomic mass is 9.87. The number of hydrogen-bond donors (Lipinski definition) is 1. The molecule has 0 saturated carbocycles. The van der Waals surface area contributed by atoms with E-state index in [0.29, 0.717) is 0 Å². The van der Waals surface area contributed by atoms with Gasteiger partial charge in [0.2, 0.25) is 0 Å². The highest BCUT2D eigenvalue weighted by Gasteiger charge is 2.12. The first-order valence-electron chi connectivity index (χ1n) is 6.76. The minimum atomic E-state index is 0.222. The molecule has 0 spiro atoms. The van der Waals surface area contributed by atoms with Gasteiger partial charge in [-0.05, 0) is 48.6 Å². The van der Waals surface area contributed by atoms with Crippen LogP contribution in [0.5, 0.6) is 0 Å². The number of nitrogens with one attached hydrogen (secondary N) is 1. The van der Waals surface area contributed by atoms with Gasteiger partial charge in [0.1, 0.15) is 0 Å². The SMILES string of the molecule is Cc1cc(CNc2ccc(C(C)(C)C)cc2)c(C)s1. The molecule has 1 N–H and O–H groups in total. The van der Waals surface area contributed by atoms with E-state index in [9.17, 15) is 0 Å². The Kier molecular flexibility index (Phi) is 4.00. The van der Waals surface area contributed by atoms with Crippen molar-refractivity contribution in [2.24, 2.45) is 0 Å². The molecule has 0 aliphatic rings. The van der Waals surface area contributed by atoms with Gasteiger partial charge >= 0.3 is 0 Å². The van der Waals surface area contributed by atoms with Crippen molar-refractivity contribution < 1.29 is 0 Å². The molecule has 0 radical (unpaired) electrons. The Hall–Kier alpha value is -1.28. The van der Waals surface area contributed by atoms with Gasteiger partial charge in [0.15, 0.2) is 0 Å². The molecule has 19 heavy (non-hydrogen) atoms. The van der Waals surface area contributed by atoms with Gasteiger partial charge in [-0.15, -0.1) is 11.3 Å². The highest BCUT2D eigenvalue weighted by atomic mass is 32.1. The average molecular weight is 273 g/mol. The number of anilines is 1. The molecule has 2 rings (SSSR count). The normalized spacial score (nSPS) is 11.6. The summed E-state index contributed by atoms with van der Waals surface area (Å²) >= 11 is 1.87. The number of rotatable bonds is 3. The molecule has 0 saturated heterocycles. The lowest BCUT2D eigenvalue weighted by Crippen LogP contribution is -2.10. The van der Waals surface area contributed by atoms with E-state index in [4.69, 9.17) is 0 Å². The van der Waals surface area contributed by atoms with E-state index in [-0.39, 0.29) is 5.41 Å². The number of benzene rings is 1. The first-order chi connectivity index (χ1) is 8.86. The van der Waals surface area contributed by atoms with E-state index >= 15 is 0 Å². The summed E-state index contributed by atoms with van der Waals surface area (Å²) in [6.45, 7) is 12.0. The number of thiophene rings is 1. The third kappa shape index (κ3) is 3.60. The Balaban J connectivity index is 2.02. The first kappa shape index (κ1) is 14.1. The molecule has 0 fully saturated rings. The monoisotopic (exact) mass is 273 g/mol. The molecule has 102 valence electrons. The molecular formula is C17H23NS. The minimum absolute atomic E-state index is 0.222. The zero-order valence-corrected chi connectivity index (χ0v) is 13.3. The number of hydrogen-bond acceptors (Lipinski definition) is 2. The van der Waals surface area contributed by atoms with Crippen LogP contribution in [0.2, 0.25) is 0 Å². The maximum absolute atomic E-state index is 3.50. The Morgan fingerprint density at radius 2 is 1.68 bits per heavy atom. The second-order valence-corrected chi connectivity index (χ2v) is 7.58. The van der Waals surface area contributed by atoms with E-state index in [1.54, 1.807) is 0 Å². The van der Waals surface area contributed by atoms with Crippen LogP contribution in [0.25, 0.3) is 0 Å². The minimum Gasteiger partial charge on any atom is -0.381 e. The molecule has 1 aromatic heterocycles. The lowest BCUT2D eigenvalue weighted by Gasteiger charge is -2.19. The van der Waals surface area contributed by atoms with Gasteiger partial charge in [-0.1, -0.05) is 32.9 Å². The van der Waals surface area contributed by atoms with Crippen LogP contribution in [0.15, 0.2) is 30.3 Å². The average Bonchev–Trinajstić information content (AvgIpc) is 2.65. The molecule has 0 bridgehead atoms. The van der Waals surface area contributed by atoms with Crippen LogP contribution in [0, 0.1) is 13.8 Å². The molecule has 0 amide bonds. The molecule has 0 atom stereocenters. The summed E-state index contributed by atoms with van der Waals surface area (Å²) in [5, 5.41) is 3.50. The van der Waals surface area contributed by atoms with Crippen LogP contribution in [0.3, 0.4) is 0 Å². The van der Waals surface area contributed by atoms with Crippen LogP contribution in [0.4, 0.5) is 5.69 Å². The summed E-state index contributed by atoms with van der Waals surface area (Å²) < 4.78 is 0. The summed E-state index contributed by atoms with van der Waals surface area (Å²) in [7, 11) is 0. The van der Waals surface area contributed by atoms with Gasteiger partial charge in [0.05, 0.1) is 0 Å². The van der Waals surface area contributed by atoms with Crippen LogP contribution in [-0.4, -0.2) is 0 Å². The van der Waals surface area contributed by atoms with Gasteiger partial charge in [-0.3, -0.25) is 0 Å². The van der Waals surface area contributed by atoms with Gasteiger partial charge in [0.25, 0.3) is 0 Å². The number of aryl methyl sites for hydroxylation is 2. The predicted octanol–water partition coefficient (Wildman–Crippen LogP) is 5.27. The Morgan fingerprint density at radius 3 is 2.16 bits per heavy atom. The van der Waals surface area contributed by atoms with Crippen molar-refractivity contribution in [2.75, 3.05) is 5.32 Å². The van der Waals surface area contributed by atoms with E-state index in [0.717, 1.165) is 6.54 Å². The molecule has 1 aromatic carbocycles. The van der Waals surface area contributed by atoms with Gasteiger partial charge in [-0.2, -0.15) is 0 Å². The maximum atomic E-state index is 3.50. The van der Waals surface area contributed by atoms with Crippen molar-refractivity contribution in [1.29, 1.82) is 0 Å². The zero-order chi connectivity index (χ0) is 14.0. The van der Waals surface area contributed by atoms with E-state index in [1.165, 1.54) is 26.6 Å². The Morgan fingerprint density at radius 1 is 1.05 bits per heavy atom. The van der Waals surface area contributed by atoms with Crippen LogP contribution in [0.1, 0.15) is 41.7 Å². The van der Waals surface area contributed by atoms with Gasteiger partial charge < -0.3 is 5.32 Å². The molecule has 0 aliphatic heterocycles. The van der Waals surface area contributed by atoms with Crippen molar-refractivity contribution in [3.63, 3.8) is 0 Å². The Bertz CT molecular complexity index is 544. The molecule has 1 heterocycles. The summed E-state index contributed by atoms with van der Waals surface area (Å²) in [5.41, 5.74) is 4.19. The van der Waals surface area contributed by atoms with Crippen molar-refractivity contribution in [2.45, 2.75) is 46.6 Å². The molecule has 0 unspecified atom stereocenters. The first-order valence-corrected chi connectivity index (χ1v) is 7.58. The Labute approximate surface area is 120 Å². The highest BCUT2D eigenvalue weighted by Crippen LogP contribution is 2.25.